The molecule has 0 saturated carbocycles. The molecule has 0 spiro atoms. The van der Waals surface area contributed by atoms with Crippen LogP contribution in [0.4, 0.5) is 5.69 Å². The minimum atomic E-state index is -0.645. The Kier molecular flexibility index (Phi) is 6.84. The fourth-order valence-electron chi connectivity index (χ4n) is 2.40. The molecule has 1 heterocycles. The number of aliphatic hydroxyl groups is 1. The van der Waals surface area contributed by atoms with Gasteiger partial charge in [0.1, 0.15) is 5.70 Å². The number of hydrogen-bond donors (Lipinski definition) is 2. The average molecular weight is 495 g/mol. The summed E-state index contributed by atoms with van der Waals surface area (Å²) < 4.78 is 9.88. The maximum Gasteiger partial charge on any atom is 0.339 e. The number of nitrogens with one attached hydrogen (secondary N) is 1. The van der Waals surface area contributed by atoms with Crippen LogP contribution in [0.1, 0.15) is 10.4 Å². The van der Waals surface area contributed by atoms with Gasteiger partial charge in [-0.05, 0) is 34.7 Å². The third kappa shape index (κ3) is 3.94. The van der Waals surface area contributed by atoms with Crippen molar-refractivity contribution in [2.24, 2.45) is 0 Å². The van der Waals surface area contributed by atoms with Crippen molar-refractivity contribution in [2.45, 2.75) is 0 Å². The minimum Gasteiger partial charge on any atom is -0.466 e. The molecule has 0 atom stereocenters. The van der Waals surface area contributed by atoms with Crippen LogP contribution >= 0.6 is 34.2 Å². The van der Waals surface area contributed by atoms with Gasteiger partial charge in [-0.3, -0.25) is 4.79 Å². The van der Waals surface area contributed by atoms with E-state index >= 15 is 0 Å². The maximum absolute atomic E-state index is 12.5. The summed E-state index contributed by atoms with van der Waals surface area (Å²) in [5, 5.41) is 12.1. The molecule has 0 aliphatic carbocycles. The number of carbonyl (C=O) groups excluding carboxylic acids is 3. The lowest BCUT2D eigenvalue weighted by Gasteiger charge is -2.16. The van der Waals surface area contributed by atoms with Gasteiger partial charge in [0.05, 0.1) is 52.8 Å². The van der Waals surface area contributed by atoms with Gasteiger partial charge in [-0.2, -0.15) is 0 Å². The number of esters is 2. The monoisotopic (exact) mass is 494 g/mol. The lowest BCUT2D eigenvalue weighted by atomic mass is 10.2. The smallest absolute Gasteiger partial charge is 0.339 e. The first-order chi connectivity index (χ1) is 12.3. The number of hydrogen-bond acceptors (Lipinski definition) is 7. The highest BCUT2D eigenvalue weighted by atomic mass is 127. The second-order valence-corrected chi connectivity index (χ2v) is 6.66. The van der Waals surface area contributed by atoms with Crippen LogP contribution in [0.2, 0.25) is 5.02 Å². The second-order valence-electron chi connectivity index (χ2n) is 5.20. The number of amides is 1. The summed E-state index contributed by atoms with van der Waals surface area (Å²) in [5.74, 6) is -1.67. The first kappa shape index (κ1) is 20.5. The summed E-state index contributed by atoms with van der Waals surface area (Å²) in [6.45, 7) is -0.118. The molecule has 0 unspecified atom stereocenters. The Morgan fingerprint density at radius 1 is 1.31 bits per heavy atom. The van der Waals surface area contributed by atoms with Crippen LogP contribution in [-0.2, 0) is 19.1 Å². The fraction of sp³-hybridized carbons (Fsp3) is 0.312. The molecule has 1 aliphatic heterocycles. The topological polar surface area (TPSA) is 105 Å². The quantitative estimate of drug-likeness (QED) is 0.455. The third-order valence-corrected chi connectivity index (χ3v) is 5.53. The van der Waals surface area contributed by atoms with Gasteiger partial charge in [0.25, 0.3) is 5.91 Å². The zero-order chi connectivity index (χ0) is 19.4. The summed E-state index contributed by atoms with van der Waals surface area (Å²) in [6.07, 6.45) is 0. The molecule has 1 aromatic carbocycles. The lowest BCUT2D eigenvalue weighted by molar-refractivity contribution is -0.136. The van der Waals surface area contributed by atoms with E-state index in [1.807, 2.05) is 22.6 Å². The zero-order valence-corrected chi connectivity index (χ0v) is 16.9. The lowest BCUT2D eigenvalue weighted by Crippen LogP contribution is -2.31. The molecule has 0 aromatic heterocycles. The molecular formula is C16H16ClIN2O6. The van der Waals surface area contributed by atoms with Crippen LogP contribution in [0.3, 0.4) is 0 Å². The summed E-state index contributed by atoms with van der Waals surface area (Å²) in [4.78, 5) is 37.5. The summed E-state index contributed by atoms with van der Waals surface area (Å²) in [5.41, 5.74) is 0.824. The van der Waals surface area contributed by atoms with E-state index in [1.54, 1.807) is 6.07 Å². The van der Waals surface area contributed by atoms with Gasteiger partial charge >= 0.3 is 11.9 Å². The van der Waals surface area contributed by atoms with Crippen LogP contribution < -0.4 is 5.32 Å². The van der Waals surface area contributed by atoms with Crippen molar-refractivity contribution < 1.29 is 29.0 Å². The summed E-state index contributed by atoms with van der Waals surface area (Å²) >= 11 is 8.14. The van der Waals surface area contributed by atoms with Crippen molar-refractivity contribution in [3.63, 3.8) is 0 Å². The Bertz CT molecular complexity index is 795. The molecule has 0 saturated heterocycles. The third-order valence-electron chi connectivity index (χ3n) is 3.70. The Morgan fingerprint density at radius 2 is 1.96 bits per heavy atom. The van der Waals surface area contributed by atoms with Crippen molar-refractivity contribution in [3.8, 4) is 0 Å². The second kappa shape index (κ2) is 8.69. The molecule has 2 rings (SSSR count). The van der Waals surface area contributed by atoms with Crippen LogP contribution in [0.5, 0.6) is 0 Å². The average Bonchev–Trinajstić information content (AvgIpc) is 2.94. The van der Waals surface area contributed by atoms with Crippen molar-refractivity contribution in [1.29, 1.82) is 0 Å². The molecule has 0 radical (unpaired) electrons. The largest absolute Gasteiger partial charge is 0.466 e. The van der Waals surface area contributed by atoms with Crippen LogP contribution in [0.15, 0.2) is 23.4 Å². The molecule has 0 fully saturated rings. The minimum absolute atomic E-state index is 0.0267. The maximum atomic E-state index is 12.5. The molecule has 8 nitrogen and oxygen atoms in total. The van der Waals surface area contributed by atoms with Crippen molar-refractivity contribution >= 4 is 57.7 Å². The van der Waals surface area contributed by atoms with E-state index in [0.717, 1.165) is 0 Å². The number of β-amino-alcohol motifs (C(OH)–C–C–N with tert-alkyl or cyclic N) is 1. The Labute approximate surface area is 168 Å². The van der Waals surface area contributed by atoms with E-state index < -0.39 is 17.8 Å². The zero-order valence-electron chi connectivity index (χ0n) is 14.0. The van der Waals surface area contributed by atoms with Gasteiger partial charge in [-0.15, -0.1) is 0 Å². The van der Waals surface area contributed by atoms with Crippen molar-refractivity contribution in [2.75, 3.05) is 39.2 Å². The van der Waals surface area contributed by atoms with Gasteiger partial charge in [0, 0.05) is 6.54 Å². The van der Waals surface area contributed by atoms with Gasteiger partial charge in [-0.1, -0.05) is 11.6 Å². The predicted molar refractivity (Wildman–Crippen MR) is 102 cm³/mol. The molecule has 1 aromatic rings. The highest BCUT2D eigenvalue weighted by molar-refractivity contribution is 14.1. The van der Waals surface area contributed by atoms with E-state index in [2.05, 4.69) is 10.1 Å². The standard InChI is InChI=1S/C16H16ClIN2O6/c1-25-15(23)8-3-4-10(12(18)11(8)17)19-13-9(16(24)26-2)7-20(5-6-21)14(13)22/h3-4,19,21H,5-7H2,1-2H3. The van der Waals surface area contributed by atoms with E-state index in [9.17, 15) is 14.4 Å². The van der Waals surface area contributed by atoms with Crippen LogP contribution in [-0.4, -0.2) is 61.8 Å². The number of aliphatic hydroxyl groups excluding tert-OH is 1. The molecule has 1 amide bonds. The number of anilines is 1. The Morgan fingerprint density at radius 3 is 2.54 bits per heavy atom. The number of ether oxygens (including phenoxy) is 2. The van der Waals surface area contributed by atoms with Crippen molar-refractivity contribution in [1.82, 2.24) is 4.90 Å². The molecule has 2 N–H and O–H groups in total. The van der Waals surface area contributed by atoms with Crippen molar-refractivity contribution in [3.05, 3.63) is 37.6 Å². The van der Waals surface area contributed by atoms with Gasteiger partial charge in [-0.25, -0.2) is 9.59 Å². The first-order valence-corrected chi connectivity index (χ1v) is 8.86. The SMILES string of the molecule is COC(=O)C1=C(Nc2ccc(C(=O)OC)c(Cl)c2I)C(=O)N(CCO)C1. The highest BCUT2D eigenvalue weighted by Gasteiger charge is 2.34. The van der Waals surface area contributed by atoms with Gasteiger partial charge in [0.15, 0.2) is 0 Å². The number of halogens is 2. The Hall–Kier alpha value is -1.85. The fourth-order valence-corrected chi connectivity index (χ4v) is 3.24. The van der Waals surface area contributed by atoms with Crippen LogP contribution in [0.25, 0.3) is 0 Å². The normalized spacial score (nSPS) is 13.9. The Balaban J connectivity index is 2.41. The molecule has 26 heavy (non-hydrogen) atoms. The number of methoxy groups -OCH3 is 2. The molecule has 1 aliphatic rings. The molecule has 10 heteroatoms. The number of rotatable bonds is 6. The predicted octanol–water partition coefficient (Wildman–Crippen LogP) is 1.40. The summed E-state index contributed by atoms with van der Waals surface area (Å²) in [7, 11) is 2.47. The van der Waals surface area contributed by atoms with Crippen LogP contribution in [0, 0.1) is 3.57 Å². The van der Waals surface area contributed by atoms with E-state index in [-0.39, 0.29) is 41.6 Å². The summed E-state index contributed by atoms with van der Waals surface area (Å²) in [6, 6.07) is 3.02. The first-order valence-electron chi connectivity index (χ1n) is 7.40. The number of benzene rings is 1. The van der Waals surface area contributed by atoms with E-state index in [1.165, 1.54) is 25.2 Å². The van der Waals surface area contributed by atoms with Gasteiger partial charge < -0.3 is 24.8 Å². The molecule has 0 bridgehead atoms. The molecule has 140 valence electrons. The molecular weight excluding hydrogens is 479 g/mol. The number of carbonyl (C=O) groups is 3. The van der Waals surface area contributed by atoms with E-state index in [0.29, 0.717) is 9.26 Å². The van der Waals surface area contributed by atoms with E-state index in [4.69, 9.17) is 21.4 Å². The number of nitrogens with zero attached hydrogens (tertiary/aromatic N) is 1. The van der Waals surface area contributed by atoms with Gasteiger partial charge in [0.2, 0.25) is 0 Å². The highest BCUT2D eigenvalue weighted by Crippen LogP contribution is 2.32.